The van der Waals surface area contributed by atoms with Crippen LogP contribution in [-0.2, 0) is 9.47 Å². The number of alkyl halides is 1. The molecule has 0 aromatic rings. The number of methoxy groups -OCH3 is 2. The molecule has 62 valence electrons. The maximum absolute atomic E-state index is 4.95. The average molecular weight is 211 g/mol. The molecule has 1 unspecified atom stereocenters. The highest BCUT2D eigenvalue weighted by atomic mass is 79.9. The summed E-state index contributed by atoms with van der Waals surface area (Å²) in [5.74, 6) is 0. The minimum absolute atomic E-state index is 0.479. The van der Waals surface area contributed by atoms with Crippen LogP contribution in [-0.4, -0.2) is 32.3 Å². The Bertz CT molecular complexity index is 68.6. The smallest absolute Gasteiger partial charge is 0.0587 e. The van der Waals surface area contributed by atoms with Crippen LogP contribution in [0.5, 0.6) is 0 Å². The van der Waals surface area contributed by atoms with Crippen LogP contribution in [0.3, 0.4) is 0 Å². The van der Waals surface area contributed by atoms with Gasteiger partial charge in [-0.15, -0.1) is 0 Å². The second kappa shape index (κ2) is 7.51. The molecule has 2 nitrogen and oxygen atoms in total. The molecule has 10 heavy (non-hydrogen) atoms. The van der Waals surface area contributed by atoms with Crippen LogP contribution >= 0.6 is 15.9 Å². The Morgan fingerprint density at radius 3 is 2.50 bits per heavy atom. The van der Waals surface area contributed by atoms with Crippen molar-refractivity contribution < 1.29 is 9.47 Å². The van der Waals surface area contributed by atoms with Crippen LogP contribution in [0, 0.1) is 0 Å². The van der Waals surface area contributed by atoms with Crippen molar-refractivity contribution in [3.63, 3.8) is 0 Å². The first-order chi connectivity index (χ1) is 4.81. The van der Waals surface area contributed by atoms with Crippen LogP contribution < -0.4 is 0 Å². The molecule has 0 aliphatic carbocycles. The van der Waals surface area contributed by atoms with Crippen molar-refractivity contribution in [1.29, 1.82) is 0 Å². The topological polar surface area (TPSA) is 18.5 Å². The Morgan fingerprint density at radius 1 is 1.30 bits per heavy atom. The summed E-state index contributed by atoms with van der Waals surface area (Å²) in [4.78, 5) is 0.479. The van der Waals surface area contributed by atoms with Crippen molar-refractivity contribution in [1.82, 2.24) is 0 Å². The Balaban J connectivity index is 2.97. The zero-order valence-corrected chi connectivity index (χ0v) is 8.19. The van der Waals surface area contributed by atoms with E-state index in [-0.39, 0.29) is 0 Å². The Labute approximate surface area is 71.0 Å². The van der Waals surface area contributed by atoms with Crippen molar-refractivity contribution in [3.05, 3.63) is 0 Å². The van der Waals surface area contributed by atoms with Crippen molar-refractivity contribution >= 4 is 15.9 Å². The quantitative estimate of drug-likeness (QED) is 0.492. The number of hydrogen-bond donors (Lipinski definition) is 0. The molecule has 0 saturated heterocycles. The first-order valence-corrected chi connectivity index (χ1v) is 4.34. The lowest BCUT2D eigenvalue weighted by Crippen LogP contribution is -2.07. The minimum Gasteiger partial charge on any atom is -0.385 e. The Morgan fingerprint density at radius 2 is 2.00 bits per heavy atom. The predicted octanol–water partition coefficient (Wildman–Crippen LogP) is 1.82. The third kappa shape index (κ3) is 6.52. The fraction of sp³-hybridized carbons (Fsp3) is 1.00. The first kappa shape index (κ1) is 10.4. The fourth-order valence-corrected chi connectivity index (χ4v) is 1.30. The molecule has 0 aliphatic rings. The van der Waals surface area contributed by atoms with Gasteiger partial charge in [0.1, 0.15) is 0 Å². The molecule has 0 saturated carbocycles. The van der Waals surface area contributed by atoms with Crippen LogP contribution in [0.2, 0.25) is 0 Å². The van der Waals surface area contributed by atoms with Gasteiger partial charge in [-0.3, -0.25) is 0 Å². The van der Waals surface area contributed by atoms with Gasteiger partial charge in [-0.2, -0.15) is 0 Å². The second-order valence-electron chi connectivity index (χ2n) is 2.19. The number of ether oxygens (including phenoxy) is 2. The largest absolute Gasteiger partial charge is 0.385 e. The lowest BCUT2D eigenvalue weighted by Gasteiger charge is -2.06. The van der Waals surface area contributed by atoms with E-state index in [1.54, 1.807) is 14.2 Å². The van der Waals surface area contributed by atoms with E-state index in [0.29, 0.717) is 4.83 Å². The summed E-state index contributed by atoms with van der Waals surface area (Å²) < 4.78 is 9.86. The molecule has 3 heteroatoms. The summed E-state index contributed by atoms with van der Waals surface area (Å²) in [6.45, 7) is 1.62. The van der Waals surface area contributed by atoms with Gasteiger partial charge in [0.05, 0.1) is 6.61 Å². The summed E-state index contributed by atoms with van der Waals surface area (Å²) in [6.07, 6.45) is 2.21. The van der Waals surface area contributed by atoms with Crippen molar-refractivity contribution in [2.24, 2.45) is 0 Å². The number of halogens is 1. The molecule has 0 bridgehead atoms. The van der Waals surface area contributed by atoms with Crippen LogP contribution in [0.15, 0.2) is 0 Å². The van der Waals surface area contributed by atoms with E-state index < -0.39 is 0 Å². The molecular weight excluding hydrogens is 196 g/mol. The van der Waals surface area contributed by atoms with Gasteiger partial charge in [-0.1, -0.05) is 15.9 Å². The number of rotatable bonds is 6. The Hall–Kier alpha value is 0.400. The third-order valence-electron chi connectivity index (χ3n) is 1.21. The highest BCUT2D eigenvalue weighted by Crippen LogP contribution is 2.07. The zero-order chi connectivity index (χ0) is 7.82. The molecule has 0 spiro atoms. The van der Waals surface area contributed by atoms with E-state index in [2.05, 4.69) is 15.9 Å². The molecule has 0 aliphatic heterocycles. The average Bonchev–Trinajstić information content (AvgIpc) is 1.89. The molecule has 0 aromatic carbocycles. The molecule has 0 N–H and O–H groups in total. The fourth-order valence-electron chi connectivity index (χ4n) is 0.713. The van der Waals surface area contributed by atoms with Gasteiger partial charge in [0, 0.05) is 25.7 Å². The van der Waals surface area contributed by atoms with Gasteiger partial charge in [-0.05, 0) is 12.8 Å². The second-order valence-corrected chi connectivity index (χ2v) is 3.48. The highest BCUT2D eigenvalue weighted by molar-refractivity contribution is 9.09. The van der Waals surface area contributed by atoms with E-state index in [9.17, 15) is 0 Å². The van der Waals surface area contributed by atoms with E-state index in [0.717, 1.165) is 26.1 Å². The van der Waals surface area contributed by atoms with Gasteiger partial charge in [0.25, 0.3) is 0 Å². The predicted molar refractivity (Wildman–Crippen MR) is 45.7 cm³/mol. The van der Waals surface area contributed by atoms with Crippen molar-refractivity contribution in [2.75, 3.05) is 27.4 Å². The van der Waals surface area contributed by atoms with Crippen LogP contribution in [0.4, 0.5) is 0 Å². The molecule has 1 atom stereocenters. The summed E-state index contributed by atoms with van der Waals surface area (Å²) in [5, 5.41) is 0. The summed E-state index contributed by atoms with van der Waals surface area (Å²) >= 11 is 3.49. The van der Waals surface area contributed by atoms with Gasteiger partial charge in [-0.25, -0.2) is 0 Å². The number of hydrogen-bond acceptors (Lipinski definition) is 2. The van der Waals surface area contributed by atoms with Crippen LogP contribution in [0.1, 0.15) is 12.8 Å². The summed E-state index contributed by atoms with van der Waals surface area (Å²) in [6, 6.07) is 0. The monoisotopic (exact) mass is 210 g/mol. The maximum atomic E-state index is 4.95. The van der Waals surface area contributed by atoms with E-state index in [4.69, 9.17) is 9.47 Å². The zero-order valence-electron chi connectivity index (χ0n) is 6.60. The molecule has 0 fully saturated rings. The van der Waals surface area contributed by atoms with Gasteiger partial charge < -0.3 is 9.47 Å². The lowest BCUT2D eigenvalue weighted by molar-refractivity contribution is 0.177. The van der Waals surface area contributed by atoms with Crippen molar-refractivity contribution in [3.8, 4) is 0 Å². The Kier molecular flexibility index (Phi) is 7.81. The van der Waals surface area contributed by atoms with Gasteiger partial charge in [0.15, 0.2) is 0 Å². The highest BCUT2D eigenvalue weighted by Gasteiger charge is 2.01. The molecule has 0 heterocycles. The first-order valence-electron chi connectivity index (χ1n) is 3.43. The molecule has 0 amide bonds. The van der Waals surface area contributed by atoms with E-state index in [1.807, 2.05) is 0 Å². The van der Waals surface area contributed by atoms with Crippen LogP contribution in [0.25, 0.3) is 0 Å². The third-order valence-corrected chi connectivity index (χ3v) is 1.94. The SMILES string of the molecule is COCCCC(Br)COC. The van der Waals surface area contributed by atoms with E-state index >= 15 is 0 Å². The summed E-state index contributed by atoms with van der Waals surface area (Å²) in [7, 11) is 3.43. The summed E-state index contributed by atoms with van der Waals surface area (Å²) in [5.41, 5.74) is 0. The molecular formula is C7H15BrO2. The molecule has 0 rings (SSSR count). The van der Waals surface area contributed by atoms with E-state index in [1.165, 1.54) is 0 Å². The normalized spacial score (nSPS) is 13.5. The van der Waals surface area contributed by atoms with Gasteiger partial charge in [0.2, 0.25) is 0 Å². The molecule has 0 radical (unpaired) electrons. The maximum Gasteiger partial charge on any atom is 0.0587 e. The molecule has 0 aromatic heterocycles. The van der Waals surface area contributed by atoms with Gasteiger partial charge >= 0.3 is 0 Å². The standard InChI is InChI=1S/C7H15BrO2/c1-9-5-3-4-7(8)6-10-2/h7H,3-6H2,1-2H3. The minimum atomic E-state index is 0.479. The van der Waals surface area contributed by atoms with Crippen molar-refractivity contribution in [2.45, 2.75) is 17.7 Å². The lowest BCUT2D eigenvalue weighted by atomic mass is 10.2.